The topological polar surface area (TPSA) is 91.2 Å². The Morgan fingerprint density at radius 3 is 2.73 bits per heavy atom. The minimum Gasteiger partial charge on any atom is -0.386 e. The van der Waals surface area contributed by atoms with Crippen LogP contribution in [0.15, 0.2) is 30.7 Å². The van der Waals surface area contributed by atoms with Gasteiger partial charge in [-0.2, -0.15) is 0 Å². The van der Waals surface area contributed by atoms with Crippen molar-refractivity contribution in [3.63, 3.8) is 0 Å². The molecule has 0 radical (unpaired) electrons. The summed E-state index contributed by atoms with van der Waals surface area (Å²) in [6.07, 6.45) is 6.49. The fourth-order valence-electron chi connectivity index (χ4n) is 3.85. The van der Waals surface area contributed by atoms with Crippen molar-refractivity contribution in [2.75, 3.05) is 23.3 Å². The third-order valence-electron chi connectivity index (χ3n) is 5.70. The zero-order chi connectivity index (χ0) is 21.3. The van der Waals surface area contributed by atoms with Crippen molar-refractivity contribution in [2.45, 2.75) is 45.6 Å². The quantitative estimate of drug-likeness (QED) is 0.637. The van der Waals surface area contributed by atoms with E-state index in [2.05, 4.69) is 27.1 Å². The molecule has 3 aromatic rings. The molecule has 1 amide bonds. The highest BCUT2D eigenvalue weighted by atomic mass is 32.1. The maximum atomic E-state index is 12.6. The van der Waals surface area contributed by atoms with Gasteiger partial charge in [0.2, 0.25) is 0 Å². The first-order valence-corrected chi connectivity index (χ1v) is 11.2. The maximum Gasteiger partial charge on any atom is 0.274 e. The first-order chi connectivity index (χ1) is 14.3. The normalized spacial score (nSPS) is 15.5. The number of nitrogens with one attached hydrogen (secondary N) is 1. The van der Waals surface area contributed by atoms with Gasteiger partial charge in [-0.15, -0.1) is 0 Å². The third kappa shape index (κ3) is 4.29. The smallest absolute Gasteiger partial charge is 0.274 e. The van der Waals surface area contributed by atoms with E-state index in [1.54, 1.807) is 31.3 Å². The Bertz CT molecular complexity index is 1040. The van der Waals surface area contributed by atoms with E-state index >= 15 is 0 Å². The summed E-state index contributed by atoms with van der Waals surface area (Å²) in [6.45, 7) is 7.71. The molecule has 2 aromatic heterocycles. The number of hydrogen-bond donors (Lipinski definition) is 2. The highest BCUT2D eigenvalue weighted by Crippen LogP contribution is 2.38. The van der Waals surface area contributed by atoms with E-state index < -0.39 is 5.60 Å². The molecule has 1 fully saturated rings. The van der Waals surface area contributed by atoms with Gasteiger partial charge in [-0.3, -0.25) is 4.79 Å². The van der Waals surface area contributed by atoms with Crippen LogP contribution in [0.25, 0.3) is 10.2 Å². The van der Waals surface area contributed by atoms with Gasteiger partial charge >= 0.3 is 0 Å². The average molecular weight is 426 g/mol. The molecule has 0 unspecified atom stereocenters. The Morgan fingerprint density at radius 1 is 1.33 bits per heavy atom. The molecular weight excluding hydrogens is 398 g/mol. The van der Waals surface area contributed by atoms with Crippen molar-refractivity contribution in [3.8, 4) is 0 Å². The fourth-order valence-corrected chi connectivity index (χ4v) is 4.89. The molecule has 0 spiro atoms. The van der Waals surface area contributed by atoms with Gasteiger partial charge in [0.15, 0.2) is 5.13 Å². The van der Waals surface area contributed by atoms with Gasteiger partial charge < -0.3 is 15.3 Å². The molecule has 0 aliphatic carbocycles. The van der Waals surface area contributed by atoms with Crippen LogP contribution in [0.4, 0.5) is 10.8 Å². The summed E-state index contributed by atoms with van der Waals surface area (Å²) < 4.78 is 0.980. The number of carbonyl (C=O) groups is 1. The highest BCUT2D eigenvalue weighted by Gasteiger charge is 2.25. The molecule has 0 bridgehead atoms. The Hall–Kier alpha value is -2.58. The number of carbonyl (C=O) groups excluding carboxylic acids is 1. The number of thiazole rings is 1. The molecule has 158 valence electrons. The molecule has 3 heterocycles. The third-order valence-corrected chi connectivity index (χ3v) is 6.78. The summed E-state index contributed by atoms with van der Waals surface area (Å²) >= 11 is 1.63. The van der Waals surface area contributed by atoms with E-state index in [-0.39, 0.29) is 11.6 Å². The predicted octanol–water partition coefficient (Wildman–Crippen LogP) is 4.19. The van der Waals surface area contributed by atoms with Crippen molar-refractivity contribution in [1.82, 2.24) is 15.0 Å². The lowest BCUT2D eigenvalue weighted by atomic mass is 9.95. The molecule has 30 heavy (non-hydrogen) atoms. The number of rotatable bonds is 5. The van der Waals surface area contributed by atoms with Crippen molar-refractivity contribution in [2.24, 2.45) is 5.92 Å². The van der Waals surface area contributed by atoms with E-state index in [0.717, 1.165) is 34.4 Å². The van der Waals surface area contributed by atoms with Gasteiger partial charge in [0.1, 0.15) is 12.0 Å². The van der Waals surface area contributed by atoms with Crippen LogP contribution in [-0.2, 0) is 5.60 Å². The number of amides is 1. The van der Waals surface area contributed by atoms with Crippen LogP contribution in [0, 0.1) is 5.92 Å². The first-order valence-electron chi connectivity index (χ1n) is 10.3. The first kappa shape index (κ1) is 20.7. The van der Waals surface area contributed by atoms with Gasteiger partial charge in [-0.25, -0.2) is 15.0 Å². The summed E-state index contributed by atoms with van der Waals surface area (Å²) in [5, 5.41) is 14.6. The summed E-state index contributed by atoms with van der Waals surface area (Å²) in [7, 11) is 0. The van der Waals surface area contributed by atoms with Crippen molar-refractivity contribution < 1.29 is 9.90 Å². The minimum absolute atomic E-state index is 0.274. The second-order valence-corrected chi connectivity index (χ2v) is 9.32. The SMILES string of the molecule is CCC1CCN(c2nc3cc(C(C)(C)O)c(NC(=O)c4ccncn4)cc3s2)CC1. The number of hydrogen-bond acceptors (Lipinski definition) is 7. The minimum atomic E-state index is -1.13. The van der Waals surface area contributed by atoms with Crippen LogP contribution in [-0.4, -0.2) is 39.1 Å². The molecule has 1 saturated heterocycles. The second kappa shape index (κ2) is 8.28. The number of anilines is 2. The lowest BCUT2D eigenvalue weighted by molar-refractivity contribution is 0.0794. The zero-order valence-corrected chi connectivity index (χ0v) is 18.4. The van der Waals surface area contributed by atoms with Gasteiger partial charge in [0.25, 0.3) is 5.91 Å². The number of piperidine rings is 1. The Morgan fingerprint density at radius 2 is 2.10 bits per heavy atom. The average Bonchev–Trinajstić information content (AvgIpc) is 3.16. The molecule has 1 aromatic carbocycles. The summed E-state index contributed by atoms with van der Waals surface area (Å²) in [6, 6.07) is 5.34. The summed E-state index contributed by atoms with van der Waals surface area (Å²) in [4.78, 5) is 27.7. The zero-order valence-electron chi connectivity index (χ0n) is 17.6. The molecule has 1 aliphatic heterocycles. The van der Waals surface area contributed by atoms with Gasteiger partial charge in [-0.1, -0.05) is 24.7 Å². The van der Waals surface area contributed by atoms with Crippen LogP contribution < -0.4 is 10.2 Å². The molecule has 1 aliphatic rings. The molecule has 7 nitrogen and oxygen atoms in total. The van der Waals surface area contributed by atoms with Gasteiger partial charge in [-0.05, 0) is 50.8 Å². The van der Waals surface area contributed by atoms with Crippen molar-refractivity contribution >= 4 is 38.3 Å². The lowest BCUT2D eigenvalue weighted by Crippen LogP contribution is -2.33. The van der Waals surface area contributed by atoms with Crippen LogP contribution in [0.3, 0.4) is 0 Å². The monoisotopic (exact) mass is 425 g/mol. The van der Waals surface area contributed by atoms with E-state index in [9.17, 15) is 9.90 Å². The van der Waals surface area contributed by atoms with Gasteiger partial charge in [0.05, 0.1) is 15.8 Å². The highest BCUT2D eigenvalue weighted by molar-refractivity contribution is 7.22. The Labute approximate surface area is 180 Å². The standard InChI is InChI=1S/C22H27N5O2S/c1-4-14-6-9-27(10-7-14)21-26-18-11-15(22(2,3)29)17(12-19(18)30-21)25-20(28)16-5-8-23-13-24-16/h5,8,11-14,29H,4,6-7,9-10H2,1-3H3,(H,25,28). The molecule has 0 saturated carbocycles. The molecule has 8 heteroatoms. The van der Waals surface area contributed by atoms with Crippen molar-refractivity contribution in [3.05, 3.63) is 42.0 Å². The molecule has 0 atom stereocenters. The Kier molecular flexibility index (Phi) is 5.71. The maximum absolute atomic E-state index is 12.6. The van der Waals surface area contributed by atoms with E-state index in [4.69, 9.17) is 4.98 Å². The fraction of sp³-hybridized carbons (Fsp3) is 0.455. The number of fused-ring (bicyclic) bond motifs is 1. The summed E-state index contributed by atoms with van der Waals surface area (Å²) in [5.74, 6) is 0.467. The number of aliphatic hydroxyl groups is 1. The molecular formula is C22H27N5O2S. The second-order valence-electron chi connectivity index (χ2n) is 8.31. The Balaban J connectivity index is 1.66. The van der Waals surface area contributed by atoms with E-state index in [0.29, 0.717) is 11.3 Å². The van der Waals surface area contributed by atoms with Crippen LogP contribution in [0.5, 0.6) is 0 Å². The van der Waals surface area contributed by atoms with Crippen LogP contribution in [0.1, 0.15) is 56.1 Å². The van der Waals surface area contributed by atoms with Crippen molar-refractivity contribution in [1.29, 1.82) is 0 Å². The number of aromatic nitrogens is 3. The van der Waals surface area contributed by atoms with E-state index in [1.807, 2.05) is 12.1 Å². The van der Waals surface area contributed by atoms with Gasteiger partial charge in [0, 0.05) is 30.5 Å². The number of benzene rings is 1. The lowest BCUT2D eigenvalue weighted by Gasteiger charge is -2.31. The summed E-state index contributed by atoms with van der Waals surface area (Å²) in [5.41, 5.74) is 1.17. The largest absolute Gasteiger partial charge is 0.386 e. The molecule has 2 N–H and O–H groups in total. The van der Waals surface area contributed by atoms with Crippen LogP contribution in [0.2, 0.25) is 0 Å². The molecule has 4 rings (SSSR count). The number of nitrogens with zero attached hydrogens (tertiary/aromatic N) is 4. The predicted molar refractivity (Wildman–Crippen MR) is 120 cm³/mol. The van der Waals surface area contributed by atoms with Crippen LogP contribution >= 0.6 is 11.3 Å². The van der Waals surface area contributed by atoms with E-state index in [1.165, 1.54) is 31.8 Å².